The van der Waals surface area contributed by atoms with E-state index in [0.717, 1.165) is 47.1 Å². The third-order valence-corrected chi connectivity index (χ3v) is 20.3. The van der Waals surface area contributed by atoms with Crippen molar-refractivity contribution in [2.24, 2.45) is 0 Å². The highest BCUT2D eigenvalue weighted by Gasteiger charge is 2.52. The van der Waals surface area contributed by atoms with Crippen LogP contribution in [0.2, 0.25) is 18.1 Å². The predicted molar refractivity (Wildman–Crippen MR) is 306 cm³/mol. The van der Waals surface area contributed by atoms with E-state index >= 15 is 0 Å². The first-order chi connectivity index (χ1) is 36.5. The summed E-state index contributed by atoms with van der Waals surface area (Å²) in [5.41, 5.74) is 1.22. The molecule has 0 spiro atoms. The average Bonchev–Trinajstić information content (AvgIpc) is 3.72. The second-order valence-electron chi connectivity index (χ2n) is 22.3. The lowest BCUT2D eigenvalue weighted by molar-refractivity contribution is -0.0958. The summed E-state index contributed by atoms with van der Waals surface area (Å²) in [5.74, 6) is 1.07. The molecule has 1 aromatic heterocycles. The molecule has 0 radical (unpaired) electrons. The summed E-state index contributed by atoms with van der Waals surface area (Å²) in [6.07, 6.45) is 17.1. The quantitative estimate of drug-likeness (QED) is 0.0269. The molecule has 0 bridgehead atoms. The summed E-state index contributed by atoms with van der Waals surface area (Å²) < 4.78 is 40.1. The first-order valence-electron chi connectivity index (χ1n) is 28.1. The second-order valence-corrected chi connectivity index (χ2v) is 27.0. The van der Waals surface area contributed by atoms with Gasteiger partial charge in [0.1, 0.15) is 41.2 Å². The Bertz CT molecular complexity index is 2650. The van der Waals surface area contributed by atoms with Gasteiger partial charge in [0.2, 0.25) is 0 Å². The highest BCUT2D eigenvalue weighted by Crippen LogP contribution is 2.45. The number of rotatable bonds is 30. The lowest BCUT2D eigenvalue weighted by Gasteiger charge is -2.40. The molecule has 2 heterocycles. The molecular formula is C63H88N2O10Si. The topological polar surface area (TPSA) is 137 Å². The molecule has 6 rings (SSSR count). The number of methoxy groups -OCH3 is 2. The zero-order valence-electron chi connectivity index (χ0n) is 47.4. The van der Waals surface area contributed by atoms with Crippen molar-refractivity contribution in [1.29, 1.82) is 0 Å². The van der Waals surface area contributed by atoms with Crippen molar-refractivity contribution in [3.8, 4) is 17.2 Å². The van der Waals surface area contributed by atoms with E-state index in [1.807, 2.05) is 92.7 Å². The van der Waals surface area contributed by atoms with Crippen LogP contribution in [0, 0.1) is 13.8 Å². The minimum atomic E-state index is -2.69. The Kier molecular flexibility index (Phi) is 22.4. The number of hydrogen-bond acceptors (Lipinski definition) is 10. The van der Waals surface area contributed by atoms with Gasteiger partial charge in [0.05, 0.1) is 27.4 Å². The number of carbonyl (C=O) groups is 1. The number of unbranched alkanes of at least 4 members (excludes halogenated alkanes) is 15. The maximum absolute atomic E-state index is 14.8. The highest BCUT2D eigenvalue weighted by atomic mass is 28.4. The van der Waals surface area contributed by atoms with Crippen molar-refractivity contribution in [3.05, 3.63) is 157 Å². The van der Waals surface area contributed by atoms with Crippen molar-refractivity contribution in [3.63, 3.8) is 0 Å². The molecule has 76 heavy (non-hydrogen) atoms. The molecule has 4 atom stereocenters. The van der Waals surface area contributed by atoms with Gasteiger partial charge in [-0.3, -0.25) is 14.2 Å². The lowest BCUT2D eigenvalue weighted by atomic mass is 9.80. The van der Waals surface area contributed by atoms with E-state index in [0.29, 0.717) is 28.4 Å². The number of nitrogens with zero attached hydrogens (tertiary/aromatic N) is 2. The summed E-state index contributed by atoms with van der Waals surface area (Å²) in [6.45, 7) is 16.8. The molecule has 1 fully saturated rings. The van der Waals surface area contributed by atoms with Crippen LogP contribution in [-0.4, -0.2) is 74.2 Å². The van der Waals surface area contributed by atoms with E-state index in [1.165, 1.54) is 100 Å². The molecule has 1 N–H and O–H groups in total. The number of aliphatic hydroxyl groups excluding tert-OH is 1. The Morgan fingerprint density at radius 2 is 1.18 bits per heavy atom. The van der Waals surface area contributed by atoms with Gasteiger partial charge in [0.15, 0.2) is 14.5 Å². The molecule has 4 aromatic carbocycles. The number of hydrogen-bond donors (Lipinski definition) is 1. The zero-order valence-corrected chi connectivity index (χ0v) is 48.4. The van der Waals surface area contributed by atoms with E-state index in [1.54, 1.807) is 26.4 Å². The Hall–Kier alpha value is -5.31. The van der Waals surface area contributed by atoms with Crippen LogP contribution in [0.25, 0.3) is 0 Å². The molecule has 0 amide bonds. The number of aromatic nitrogens is 2. The normalized spacial score (nSPS) is 17.0. The van der Waals surface area contributed by atoms with Crippen LogP contribution in [0.15, 0.2) is 113 Å². The summed E-state index contributed by atoms with van der Waals surface area (Å²) in [5, 5.41) is 12.2. The standard InChI is InChI=1S/C63H88N2O10Si/c1-11-12-13-14-15-16-17-18-19-20-21-22-23-24-25-29-42-72-54-44-48(43-46(2)47(54)3)59(68)65-56(66)40-41-64(61(65)69)60-58(75-76(9,10)62(4,5)6)57(67)55(74-60)45-73-63(49-30-27-26-28-31-49,50-32-36-52(70-7)37-33-50)51-34-38-53(71-8)39-35-51/h26-28,30-41,43-44,55,57-58,60,67H,11-25,29,42,45H2,1-10H3/t55-,57+,58?,60-/m1/s1. The Balaban J connectivity index is 1.20. The van der Waals surface area contributed by atoms with Gasteiger partial charge in [-0.15, -0.1) is 0 Å². The fourth-order valence-electron chi connectivity index (χ4n) is 9.94. The highest BCUT2D eigenvalue weighted by molar-refractivity contribution is 6.74. The second kappa shape index (κ2) is 28.4. The monoisotopic (exact) mass is 1060 g/mol. The molecule has 414 valence electrons. The van der Waals surface area contributed by atoms with Gasteiger partial charge >= 0.3 is 5.69 Å². The van der Waals surface area contributed by atoms with Crippen LogP contribution in [0.4, 0.5) is 0 Å². The molecule has 12 nitrogen and oxygen atoms in total. The third kappa shape index (κ3) is 15.0. The molecule has 1 saturated heterocycles. The fraction of sp³-hybridized carbons (Fsp3) is 0.540. The first kappa shape index (κ1) is 59.9. The van der Waals surface area contributed by atoms with Crippen LogP contribution in [0.3, 0.4) is 0 Å². The van der Waals surface area contributed by atoms with Gasteiger partial charge in [-0.05, 0) is 103 Å². The van der Waals surface area contributed by atoms with E-state index in [4.69, 9.17) is 28.1 Å². The number of ether oxygens (including phenoxy) is 5. The number of aryl methyl sites for hydroxylation is 1. The van der Waals surface area contributed by atoms with Gasteiger partial charge in [-0.25, -0.2) is 4.79 Å². The van der Waals surface area contributed by atoms with Crippen LogP contribution in [-0.2, 0) is 19.5 Å². The SMILES string of the molecule is CCCCCCCCCCCCCCCCCCOc1cc(C(=O)n2c(=O)ccn([C@@H]3O[C@H](COC(c4ccccc4)(c4ccc(OC)cc4)c4ccc(OC)cc4)[C@H](O)C3O[Si](C)(C)C(C)(C)C)c2=O)cc(C)c1C. The summed E-state index contributed by atoms with van der Waals surface area (Å²) in [6, 6.07) is 29.5. The summed E-state index contributed by atoms with van der Waals surface area (Å²) in [7, 11) is 0.536. The van der Waals surface area contributed by atoms with Gasteiger partial charge in [0, 0.05) is 17.8 Å². The Labute approximate surface area is 454 Å². The smallest absolute Gasteiger partial charge is 0.340 e. The van der Waals surface area contributed by atoms with Crippen LogP contribution < -0.4 is 25.5 Å². The number of benzene rings is 4. The summed E-state index contributed by atoms with van der Waals surface area (Å²) >= 11 is 0. The van der Waals surface area contributed by atoms with Crippen molar-refractivity contribution >= 4 is 14.2 Å². The van der Waals surface area contributed by atoms with Crippen molar-refractivity contribution in [2.45, 2.75) is 193 Å². The van der Waals surface area contributed by atoms with E-state index in [2.05, 4.69) is 40.8 Å². The third-order valence-electron chi connectivity index (χ3n) is 15.8. The van der Waals surface area contributed by atoms with E-state index in [9.17, 15) is 19.5 Å². The maximum Gasteiger partial charge on any atom is 0.340 e. The van der Waals surface area contributed by atoms with Crippen molar-refractivity contribution in [1.82, 2.24) is 9.13 Å². The van der Waals surface area contributed by atoms with Gasteiger partial charge < -0.3 is 33.2 Å². The Morgan fingerprint density at radius 3 is 1.68 bits per heavy atom. The molecule has 1 aliphatic heterocycles. The lowest BCUT2D eigenvalue weighted by Crippen LogP contribution is -2.51. The molecule has 0 aliphatic carbocycles. The van der Waals surface area contributed by atoms with Gasteiger partial charge in [0.25, 0.3) is 11.5 Å². The summed E-state index contributed by atoms with van der Waals surface area (Å²) in [4.78, 5) is 43.0. The van der Waals surface area contributed by atoms with Crippen molar-refractivity contribution in [2.75, 3.05) is 27.4 Å². The number of carbonyl (C=O) groups excluding carboxylic acids is 1. The molecule has 13 heteroatoms. The Morgan fingerprint density at radius 1 is 0.684 bits per heavy atom. The molecular weight excluding hydrogens is 973 g/mol. The zero-order chi connectivity index (χ0) is 54.9. The van der Waals surface area contributed by atoms with Crippen molar-refractivity contribution < 1.29 is 38.0 Å². The van der Waals surface area contributed by atoms with Gasteiger partial charge in [-0.1, -0.05) is 179 Å². The minimum absolute atomic E-state index is 0.143. The predicted octanol–water partition coefficient (Wildman–Crippen LogP) is 13.6. The molecule has 1 unspecified atom stereocenters. The minimum Gasteiger partial charge on any atom is -0.497 e. The first-order valence-corrected chi connectivity index (χ1v) is 31.0. The average molecular weight is 1060 g/mol. The number of aliphatic hydroxyl groups is 1. The van der Waals surface area contributed by atoms with E-state index in [-0.39, 0.29) is 17.2 Å². The fourth-order valence-corrected chi connectivity index (χ4v) is 11.2. The molecule has 1 aliphatic rings. The van der Waals surface area contributed by atoms with Crippen LogP contribution in [0.1, 0.15) is 175 Å². The van der Waals surface area contributed by atoms with E-state index < -0.39 is 55.6 Å². The van der Waals surface area contributed by atoms with Gasteiger partial charge in [-0.2, -0.15) is 4.57 Å². The largest absolute Gasteiger partial charge is 0.497 e. The maximum atomic E-state index is 14.8. The van der Waals surface area contributed by atoms with Crippen LogP contribution >= 0.6 is 0 Å². The molecule has 5 aromatic rings. The molecule has 0 saturated carbocycles. The van der Waals surface area contributed by atoms with Crippen LogP contribution in [0.5, 0.6) is 17.2 Å².